The van der Waals surface area contributed by atoms with Crippen molar-refractivity contribution in [2.45, 2.75) is 12.7 Å². The molecule has 0 saturated carbocycles. The Balaban J connectivity index is 1.34. The summed E-state index contributed by atoms with van der Waals surface area (Å²) in [5.41, 5.74) is -1.07. The molecule has 2 aliphatic rings. The van der Waals surface area contributed by atoms with Gasteiger partial charge < -0.3 is 14.2 Å². The minimum Gasteiger partial charge on any atom is -0.454 e. The highest BCUT2D eigenvalue weighted by atomic mass is 79.9. The number of nitro groups is 1. The van der Waals surface area contributed by atoms with Gasteiger partial charge in [0, 0.05) is 17.2 Å². The predicted octanol–water partition coefficient (Wildman–Crippen LogP) is 7.79. The van der Waals surface area contributed by atoms with Crippen molar-refractivity contribution in [1.82, 2.24) is 4.90 Å². The number of amides is 2. The van der Waals surface area contributed by atoms with Gasteiger partial charge in [-0.25, -0.2) is 0 Å². The number of thioether (sulfide) groups is 1. The van der Waals surface area contributed by atoms with Crippen LogP contribution in [0.15, 0.2) is 57.9 Å². The van der Waals surface area contributed by atoms with Crippen LogP contribution in [0, 0.1) is 10.1 Å². The summed E-state index contributed by atoms with van der Waals surface area (Å²) in [5, 5.41) is 11.1. The Labute approximate surface area is 240 Å². The highest BCUT2D eigenvalue weighted by Crippen LogP contribution is 2.41. The summed E-state index contributed by atoms with van der Waals surface area (Å²) in [7, 11) is 0. The van der Waals surface area contributed by atoms with Gasteiger partial charge in [0.15, 0.2) is 11.5 Å². The fourth-order valence-corrected chi connectivity index (χ4v) is 5.30. The monoisotopic (exact) mass is 656 g/mol. The number of imide groups is 1. The average molecular weight is 658 g/mol. The van der Waals surface area contributed by atoms with Crippen LogP contribution < -0.4 is 14.2 Å². The SMILES string of the molecule is O=C1S/C(=C\c2ccc(Oc3ccc(C(F)(F)F)cc3[N+](=O)[O-])c(Br)c2)C(=O)N1Cc1cc2c(cc1Cl)OCO2. The van der Waals surface area contributed by atoms with Crippen LogP contribution in [0.1, 0.15) is 16.7 Å². The van der Waals surface area contributed by atoms with Gasteiger partial charge in [0.1, 0.15) is 5.75 Å². The number of nitrogens with zero attached hydrogens (tertiary/aromatic N) is 2. The maximum Gasteiger partial charge on any atom is 0.416 e. The molecule has 2 heterocycles. The molecule has 0 N–H and O–H groups in total. The van der Waals surface area contributed by atoms with E-state index in [0.29, 0.717) is 44.3 Å². The third kappa shape index (κ3) is 5.60. The quantitative estimate of drug-likeness (QED) is 0.150. The first-order valence-electron chi connectivity index (χ1n) is 11.1. The first-order chi connectivity index (χ1) is 18.9. The number of carbonyl (C=O) groups is 2. The Morgan fingerprint density at radius 3 is 2.48 bits per heavy atom. The standard InChI is InChI=1S/C25H13BrClF3N2O7S/c26-15-5-12(1-3-18(15)39-19-4-2-14(25(28,29)30)8-17(19)32(35)36)6-22-23(33)31(24(34)40-22)10-13-7-20-21(9-16(13)27)38-11-37-20/h1-9H,10-11H2/b22-6-. The van der Waals surface area contributed by atoms with Crippen LogP contribution >= 0.6 is 39.3 Å². The highest BCUT2D eigenvalue weighted by molar-refractivity contribution is 9.10. The second-order valence-corrected chi connectivity index (χ2v) is 10.5. The molecule has 0 aliphatic carbocycles. The van der Waals surface area contributed by atoms with E-state index in [1.165, 1.54) is 24.3 Å². The zero-order valence-electron chi connectivity index (χ0n) is 19.7. The summed E-state index contributed by atoms with van der Waals surface area (Å²) in [6.45, 7) is -0.0418. The molecule has 15 heteroatoms. The number of rotatable bonds is 6. The topological polar surface area (TPSA) is 108 Å². The van der Waals surface area contributed by atoms with E-state index < -0.39 is 39.2 Å². The number of hydrogen-bond donors (Lipinski definition) is 0. The summed E-state index contributed by atoms with van der Waals surface area (Å²) >= 11 is 10.3. The molecule has 0 radical (unpaired) electrons. The van der Waals surface area contributed by atoms with Crippen LogP contribution in [-0.2, 0) is 17.5 Å². The van der Waals surface area contributed by atoms with Crippen molar-refractivity contribution in [3.8, 4) is 23.0 Å². The molecule has 0 bridgehead atoms. The van der Waals surface area contributed by atoms with Crippen molar-refractivity contribution in [3.63, 3.8) is 0 Å². The number of halogens is 5. The van der Waals surface area contributed by atoms with Crippen molar-refractivity contribution in [1.29, 1.82) is 0 Å². The fourth-order valence-electron chi connectivity index (χ4n) is 3.77. The highest BCUT2D eigenvalue weighted by Gasteiger charge is 2.36. The van der Waals surface area contributed by atoms with Gasteiger partial charge in [0.25, 0.3) is 11.1 Å². The summed E-state index contributed by atoms with van der Waals surface area (Å²) < 4.78 is 55.3. The Hall–Kier alpha value is -3.75. The van der Waals surface area contributed by atoms with Crippen LogP contribution in [0.25, 0.3) is 6.08 Å². The minimum absolute atomic E-state index is 0.0417. The average Bonchev–Trinajstić information content (AvgIpc) is 3.44. The van der Waals surface area contributed by atoms with E-state index in [-0.39, 0.29) is 24.0 Å². The number of nitro benzene ring substituents is 1. The molecular formula is C25H13BrClF3N2O7S. The van der Waals surface area contributed by atoms with E-state index in [9.17, 15) is 32.9 Å². The lowest BCUT2D eigenvalue weighted by Crippen LogP contribution is -2.27. The van der Waals surface area contributed by atoms with Crippen molar-refractivity contribution < 1.29 is 41.9 Å². The Bertz CT molecular complexity index is 1620. The van der Waals surface area contributed by atoms with E-state index >= 15 is 0 Å². The molecule has 0 spiro atoms. The lowest BCUT2D eigenvalue weighted by atomic mass is 10.1. The zero-order valence-corrected chi connectivity index (χ0v) is 22.8. The van der Waals surface area contributed by atoms with E-state index in [4.69, 9.17) is 25.8 Å². The van der Waals surface area contributed by atoms with Gasteiger partial charge in [-0.05, 0) is 75.2 Å². The Kier molecular flexibility index (Phi) is 7.42. The van der Waals surface area contributed by atoms with Crippen molar-refractivity contribution in [2.24, 2.45) is 0 Å². The molecule has 206 valence electrons. The van der Waals surface area contributed by atoms with E-state index in [1.54, 1.807) is 12.1 Å². The van der Waals surface area contributed by atoms with Gasteiger partial charge in [-0.15, -0.1) is 0 Å². The summed E-state index contributed by atoms with van der Waals surface area (Å²) in [4.78, 5) is 37.2. The molecule has 3 aromatic rings. The lowest BCUT2D eigenvalue weighted by molar-refractivity contribution is -0.385. The van der Waals surface area contributed by atoms with Crippen molar-refractivity contribution in [2.75, 3.05) is 6.79 Å². The number of carbonyl (C=O) groups excluding carboxylic acids is 2. The van der Waals surface area contributed by atoms with Crippen LogP contribution in [-0.4, -0.2) is 27.8 Å². The van der Waals surface area contributed by atoms with Crippen LogP contribution in [0.2, 0.25) is 5.02 Å². The van der Waals surface area contributed by atoms with Gasteiger partial charge in [0.05, 0.1) is 26.4 Å². The molecular weight excluding hydrogens is 645 g/mol. The molecule has 5 rings (SSSR count). The molecule has 2 amide bonds. The zero-order chi connectivity index (χ0) is 28.8. The Morgan fingerprint density at radius 1 is 1.10 bits per heavy atom. The van der Waals surface area contributed by atoms with Gasteiger partial charge in [-0.3, -0.25) is 24.6 Å². The van der Waals surface area contributed by atoms with E-state index in [2.05, 4.69) is 15.9 Å². The Morgan fingerprint density at radius 2 is 1.80 bits per heavy atom. The third-order valence-corrected chi connectivity index (χ3v) is 7.58. The van der Waals surface area contributed by atoms with Crippen molar-refractivity contribution >= 4 is 62.2 Å². The molecule has 0 atom stereocenters. The van der Waals surface area contributed by atoms with Crippen LogP contribution in [0.3, 0.4) is 0 Å². The second kappa shape index (κ2) is 10.7. The van der Waals surface area contributed by atoms with Gasteiger partial charge in [-0.2, -0.15) is 13.2 Å². The molecule has 0 aromatic heterocycles. The smallest absolute Gasteiger partial charge is 0.416 e. The van der Waals surface area contributed by atoms with Crippen molar-refractivity contribution in [3.05, 3.63) is 89.7 Å². The maximum absolute atomic E-state index is 13.0. The fraction of sp³-hybridized carbons (Fsp3) is 0.120. The molecule has 2 aliphatic heterocycles. The maximum atomic E-state index is 13.0. The summed E-state index contributed by atoms with van der Waals surface area (Å²) in [6, 6.07) is 9.54. The number of hydrogen-bond acceptors (Lipinski definition) is 8. The number of ether oxygens (including phenoxy) is 3. The van der Waals surface area contributed by atoms with Gasteiger partial charge in [0.2, 0.25) is 12.5 Å². The summed E-state index contributed by atoms with van der Waals surface area (Å²) in [5.74, 6) is 0.0605. The third-order valence-electron chi connectivity index (χ3n) is 5.70. The van der Waals surface area contributed by atoms with E-state index in [1.807, 2.05) is 0 Å². The first kappa shape index (κ1) is 27.8. The molecule has 1 saturated heterocycles. The first-order valence-corrected chi connectivity index (χ1v) is 13.1. The number of fused-ring (bicyclic) bond motifs is 1. The molecule has 0 unspecified atom stereocenters. The molecule has 9 nitrogen and oxygen atoms in total. The van der Waals surface area contributed by atoms with Crippen LogP contribution in [0.4, 0.5) is 23.7 Å². The van der Waals surface area contributed by atoms with Crippen LogP contribution in [0.5, 0.6) is 23.0 Å². The van der Waals surface area contributed by atoms with Gasteiger partial charge in [-0.1, -0.05) is 17.7 Å². The lowest BCUT2D eigenvalue weighted by Gasteiger charge is -2.14. The second-order valence-electron chi connectivity index (χ2n) is 8.29. The minimum atomic E-state index is -4.76. The predicted molar refractivity (Wildman–Crippen MR) is 141 cm³/mol. The molecule has 3 aromatic carbocycles. The molecule has 1 fully saturated rings. The number of alkyl halides is 3. The largest absolute Gasteiger partial charge is 0.454 e. The number of benzene rings is 3. The normalized spacial score (nSPS) is 15.7. The molecule has 40 heavy (non-hydrogen) atoms. The summed E-state index contributed by atoms with van der Waals surface area (Å²) in [6.07, 6.45) is -3.29. The van der Waals surface area contributed by atoms with Gasteiger partial charge >= 0.3 is 11.9 Å². The van der Waals surface area contributed by atoms with E-state index in [0.717, 1.165) is 22.7 Å².